The number of nitro groups is 1. The molecule has 2 atom stereocenters. The third-order valence-electron chi connectivity index (χ3n) is 3.34. The predicted octanol–water partition coefficient (Wildman–Crippen LogP) is 2.42. The van der Waals surface area contributed by atoms with Crippen LogP contribution in [0, 0.1) is 16.0 Å². The number of rotatable bonds is 5. The summed E-state index contributed by atoms with van der Waals surface area (Å²) in [6, 6.07) is 0.262. The number of nitrogens with one attached hydrogen (secondary N) is 2. The van der Waals surface area contributed by atoms with Crippen molar-refractivity contribution in [2.45, 2.75) is 39.2 Å². The molecule has 104 valence electrons. The molecular weight excluding hydrogens is 246 g/mol. The summed E-state index contributed by atoms with van der Waals surface area (Å²) in [5, 5.41) is 17.1. The van der Waals surface area contributed by atoms with E-state index in [1.807, 2.05) is 6.92 Å². The molecule has 2 N–H and O–H groups in total. The Bertz CT molecular complexity index is 465. The summed E-state index contributed by atoms with van der Waals surface area (Å²) in [5.41, 5.74) is -0.0683. The standard InChI is InChI=1S/C12H19N5O2/c1-3-13-12-14-7-10(17(18)19)11(16-12)15-9-5-4-8(2)6-9/h7-9H,3-6H2,1-2H3,(H2,13,14,15,16). The maximum absolute atomic E-state index is 11.0. The van der Waals surface area contributed by atoms with Gasteiger partial charge in [0.2, 0.25) is 11.8 Å². The number of hydrogen-bond acceptors (Lipinski definition) is 6. The summed E-state index contributed by atoms with van der Waals surface area (Å²) >= 11 is 0. The highest BCUT2D eigenvalue weighted by Gasteiger charge is 2.25. The van der Waals surface area contributed by atoms with Gasteiger partial charge in [-0.1, -0.05) is 6.92 Å². The minimum Gasteiger partial charge on any atom is -0.361 e. The zero-order chi connectivity index (χ0) is 13.8. The first-order valence-corrected chi connectivity index (χ1v) is 6.62. The van der Waals surface area contributed by atoms with Gasteiger partial charge in [0.1, 0.15) is 6.20 Å². The van der Waals surface area contributed by atoms with E-state index in [9.17, 15) is 10.1 Å². The minimum absolute atomic E-state index is 0.0683. The van der Waals surface area contributed by atoms with Gasteiger partial charge >= 0.3 is 5.69 Å². The molecule has 0 spiro atoms. The maximum Gasteiger partial charge on any atom is 0.329 e. The van der Waals surface area contributed by atoms with Gasteiger partial charge in [-0.05, 0) is 32.1 Å². The highest BCUT2D eigenvalue weighted by Crippen LogP contribution is 2.30. The van der Waals surface area contributed by atoms with Crippen LogP contribution < -0.4 is 10.6 Å². The van der Waals surface area contributed by atoms with E-state index in [1.165, 1.54) is 6.20 Å². The summed E-state index contributed by atoms with van der Waals surface area (Å²) in [7, 11) is 0. The molecule has 1 saturated carbocycles. The Morgan fingerprint density at radius 1 is 1.53 bits per heavy atom. The summed E-state index contributed by atoms with van der Waals surface area (Å²) in [6.07, 6.45) is 4.46. The van der Waals surface area contributed by atoms with Crippen LogP contribution in [0.25, 0.3) is 0 Å². The van der Waals surface area contributed by atoms with E-state index in [0.717, 1.165) is 19.3 Å². The van der Waals surface area contributed by atoms with Crippen molar-refractivity contribution in [2.24, 2.45) is 5.92 Å². The molecular formula is C12H19N5O2. The average Bonchev–Trinajstić information content (AvgIpc) is 2.75. The average molecular weight is 265 g/mol. The van der Waals surface area contributed by atoms with Gasteiger partial charge < -0.3 is 10.6 Å². The lowest BCUT2D eigenvalue weighted by molar-refractivity contribution is -0.384. The molecule has 2 unspecified atom stereocenters. The molecule has 0 radical (unpaired) electrons. The van der Waals surface area contributed by atoms with Crippen LogP contribution >= 0.6 is 0 Å². The van der Waals surface area contributed by atoms with Crippen LogP contribution in [0.4, 0.5) is 17.5 Å². The van der Waals surface area contributed by atoms with Crippen LogP contribution in [-0.4, -0.2) is 27.5 Å². The summed E-state index contributed by atoms with van der Waals surface area (Å²) in [4.78, 5) is 18.7. The van der Waals surface area contributed by atoms with E-state index < -0.39 is 4.92 Å². The fourth-order valence-corrected chi connectivity index (χ4v) is 2.39. The first-order valence-electron chi connectivity index (χ1n) is 6.62. The molecule has 0 amide bonds. The Morgan fingerprint density at radius 3 is 2.89 bits per heavy atom. The van der Waals surface area contributed by atoms with E-state index >= 15 is 0 Å². The van der Waals surface area contributed by atoms with Crippen LogP contribution in [0.15, 0.2) is 6.20 Å². The minimum atomic E-state index is -0.448. The Hall–Kier alpha value is -1.92. The number of aromatic nitrogens is 2. The van der Waals surface area contributed by atoms with Gasteiger partial charge in [0.25, 0.3) is 0 Å². The third kappa shape index (κ3) is 3.30. The Labute approximate surface area is 112 Å². The predicted molar refractivity (Wildman–Crippen MR) is 73.3 cm³/mol. The topological polar surface area (TPSA) is 93.0 Å². The number of nitrogens with zero attached hydrogens (tertiary/aromatic N) is 3. The smallest absolute Gasteiger partial charge is 0.329 e. The molecule has 2 rings (SSSR count). The molecule has 7 nitrogen and oxygen atoms in total. The Morgan fingerprint density at radius 2 is 2.32 bits per heavy atom. The van der Waals surface area contributed by atoms with E-state index in [1.54, 1.807) is 0 Å². The monoisotopic (exact) mass is 265 g/mol. The highest BCUT2D eigenvalue weighted by atomic mass is 16.6. The molecule has 1 fully saturated rings. The maximum atomic E-state index is 11.0. The first kappa shape index (κ1) is 13.5. The second-order valence-electron chi connectivity index (χ2n) is 4.97. The zero-order valence-electron chi connectivity index (χ0n) is 11.2. The van der Waals surface area contributed by atoms with Crippen LogP contribution in [0.3, 0.4) is 0 Å². The second-order valence-corrected chi connectivity index (χ2v) is 4.97. The van der Waals surface area contributed by atoms with Gasteiger partial charge in [0.05, 0.1) is 4.92 Å². The third-order valence-corrected chi connectivity index (χ3v) is 3.34. The zero-order valence-corrected chi connectivity index (χ0v) is 11.2. The fraction of sp³-hybridized carbons (Fsp3) is 0.667. The first-order chi connectivity index (χ1) is 9.10. The van der Waals surface area contributed by atoms with Gasteiger partial charge in [0.15, 0.2) is 0 Å². The van der Waals surface area contributed by atoms with Crippen LogP contribution in [-0.2, 0) is 0 Å². The second kappa shape index (κ2) is 5.81. The lowest BCUT2D eigenvalue weighted by Gasteiger charge is -2.13. The SMILES string of the molecule is CCNc1ncc([N+](=O)[O-])c(NC2CCC(C)C2)n1. The number of hydrogen-bond donors (Lipinski definition) is 2. The van der Waals surface area contributed by atoms with E-state index in [-0.39, 0.29) is 11.7 Å². The van der Waals surface area contributed by atoms with Crippen molar-refractivity contribution in [3.05, 3.63) is 16.3 Å². The fourth-order valence-electron chi connectivity index (χ4n) is 2.39. The van der Waals surface area contributed by atoms with Gasteiger partial charge in [0, 0.05) is 12.6 Å². The molecule has 0 aromatic carbocycles. The molecule has 7 heteroatoms. The molecule has 1 aromatic rings. The Balaban J connectivity index is 2.19. The molecule has 1 aliphatic carbocycles. The van der Waals surface area contributed by atoms with Crippen molar-refractivity contribution < 1.29 is 4.92 Å². The quantitative estimate of drug-likeness (QED) is 0.627. The van der Waals surface area contributed by atoms with Crippen LogP contribution in [0.2, 0.25) is 0 Å². The van der Waals surface area contributed by atoms with Crippen LogP contribution in [0.5, 0.6) is 0 Å². The van der Waals surface area contributed by atoms with Crippen LogP contribution in [0.1, 0.15) is 33.1 Å². The van der Waals surface area contributed by atoms with Crippen molar-refractivity contribution in [1.29, 1.82) is 0 Å². The van der Waals surface area contributed by atoms with E-state index in [4.69, 9.17) is 0 Å². The van der Waals surface area contributed by atoms with E-state index in [2.05, 4.69) is 27.5 Å². The van der Waals surface area contributed by atoms with Gasteiger partial charge in [-0.3, -0.25) is 10.1 Å². The molecule has 0 aliphatic heterocycles. The van der Waals surface area contributed by atoms with E-state index in [0.29, 0.717) is 24.2 Å². The molecule has 1 aliphatic rings. The summed E-state index contributed by atoms with van der Waals surface area (Å²) < 4.78 is 0. The normalized spacial score (nSPS) is 22.2. The van der Waals surface area contributed by atoms with Gasteiger partial charge in [-0.15, -0.1) is 0 Å². The van der Waals surface area contributed by atoms with Crippen molar-refractivity contribution in [3.63, 3.8) is 0 Å². The van der Waals surface area contributed by atoms with Crippen molar-refractivity contribution >= 4 is 17.5 Å². The molecule has 0 saturated heterocycles. The molecule has 19 heavy (non-hydrogen) atoms. The number of anilines is 2. The summed E-state index contributed by atoms with van der Waals surface area (Å²) in [5.74, 6) is 1.39. The lowest BCUT2D eigenvalue weighted by atomic mass is 10.1. The lowest BCUT2D eigenvalue weighted by Crippen LogP contribution is -2.18. The highest BCUT2D eigenvalue weighted by molar-refractivity contribution is 5.57. The molecule has 1 heterocycles. The Kier molecular flexibility index (Phi) is 4.13. The van der Waals surface area contributed by atoms with Crippen molar-refractivity contribution in [1.82, 2.24) is 9.97 Å². The molecule has 0 bridgehead atoms. The van der Waals surface area contributed by atoms with Crippen molar-refractivity contribution in [3.8, 4) is 0 Å². The van der Waals surface area contributed by atoms with Gasteiger partial charge in [-0.25, -0.2) is 4.98 Å². The van der Waals surface area contributed by atoms with Crippen molar-refractivity contribution in [2.75, 3.05) is 17.2 Å². The largest absolute Gasteiger partial charge is 0.361 e. The molecule has 1 aromatic heterocycles. The summed E-state index contributed by atoms with van der Waals surface area (Å²) in [6.45, 7) is 4.80. The van der Waals surface area contributed by atoms with Gasteiger partial charge in [-0.2, -0.15) is 4.98 Å².